The highest BCUT2D eigenvalue weighted by molar-refractivity contribution is 7.71. The summed E-state index contributed by atoms with van der Waals surface area (Å²) in [7, 11) is 2.18. The Hall–Kier alpha value is -2.31. The predicted molar refractivity (Wildman–Crippen MR) is 99.6 cm³/mol. The lowest BCUT2D eigenvalue weighted by atomic mass is 10.2. The van der Waals surface area contributed by atoms with Gasteiger partial charge in [-0.25, -0.2) is 0 Å². The second-order valence-corrected chi connectivity index (χ2v) is 7.09. The predicted octanol–water partition coefficient (Wildman–Crippen LogP) is 2.48. The van der Waals surface area contributed by atoms with Crippen molar-refractivity contribution in [3.63, 3.8) is 0 Å². The Bertz CT molecular complexity index is 897. The molecule has 1 N–H and O–H groups in total. The van der Waals surface area contributed by atoms with Crippen molar-refractivity contribution in [1.82, 2.24) is 19.3 Å². The zero-order valence-corrected chi connectivity index (χ0v) is 15.1. The molecule has 6 heteroatoms. The van der Waals surface area contributed by atoms with E-state index in [1.807, 2.05) is 22.9 Å². The molecule has 0 spiro atoms. The molecule has 1 atom stereocenters. The van der Waals surface area contributed by atoms with Crippen LogP contribution >= 0.6 is 12.2 Å². The number of nitrogens with zero attached hydrogens (tertiary/aromatic N) is 4. The molecule has 2 aromatic heterocycles. The summed E-state index contributed by atoms with van der Waals surface area (Å²) in [6.45, 7) is 1.70. The maximum Gasteiger partial charge on any atom is 0.203 e. The van der Waals surface area contributed by atoms with Gasteiger partial charge in [0.15, 0.2) is 12.5 Å². The highest BCUT2D eigenvalue weighted by Gasteiger charge is 2.29. The zero-order chi connectivity index (χ0) is 17.2. The van der Waals surface area contributed by atoms with Crippen molar-refractivity contribution in [2.24, 2.45) is 0 Å². The molecule has 128 valence electrons. The molecular weight excluding hydrogens is 330 g/mol. The molecule has 1 aromatic carbocycles. The number of aromatic nitrogens is 4. The van der Waals surface area contributed by atoms with E-state index in [1.54, 1.807) is 12.4 Å². The minimum absolute atomic E-state index is 0.499. The molecular formula is C19H22N5S+. The first-order valence-corrected chi connectivity index (χ1v) is 9.08. The lowest BCUT2D eigenvalue weighted by Crippen LogP contribution is -3.07. The molecule has 1 aliphatic rings. The van der Waals surface area contributed by atoms with Gasteiger partial charge in [-0.2, -0.15) is 4.68 Å². The summed E-state index contributed by atoms with van der Waals surface area (Å²) in [5, 5.41) is 4.85. The van der Waals surface area contributed by atoms with Crippen molar-refractivity contribution in [3.05, 3.63) is 65.2 Å². The highest BCUT2D eigenvalue weighted by Crippen LogP contribution is 2.38. The van der Waals surface area contributed by atoms with Crippen molar-refractivity contribution in [2.75, 3.05) is 7.05 Å². The van der Waals surface area contributed by atoms with E-state index in [0.717, 1.165) is 29.4 Å². The Morgan fingerprint density at radius 2 is 1.84 bits per heavy atom. The number of nitrogens with one attached hydrogen (secondary N) is 1. The first-order chi connectivity index (χ1) is 12.2. The Balaban J connectivity index is 1.61. The quantitative estimate of drug-likeness (QED) is 0.693. The fourth-order valence-electron chi connectivity index (χ4n) is 3.14. The Labute approximate surface area is 152 Å². The molecule has 5 nitrogen and oxygen atoms in total. The van der Waals surface area contributed by atoms with Crippen molar-refractivity contribution in [2.45, 2.75) is 32.1 Å². The van der Waals surface area contributed by atoms with Crippen LogP contribution in [-0.4, -0.2) is 26.4 Å². The van der Waals surface area contributed by atoms with E-state index in [9.17, 15) is 0 Å². The largest absolute Gasteiger partial charge is 0.315 e. The van der Waals surface area contributed by atoms with Crippen LogP contribution in [0, 0.1) is 4.77 Å². The summed E-state index contributed by atoms with van der Waals surface area (Å²) in [6.07, 6.45) is 5.98. The molecule has 1 unspecified atom stereocenters. The zero-order valence-electron chi connectivity index (χ0n) is 14.3. The van der Waals surface area contributed by atoms with E-state index in [0.29, 0.717) is 6.04 Å². The van der Waals surface area contributed by atoms with E-state index < -0.39 is 0 Å². The van der Waals surface area contributed by atoms with E-state index >= 15 is 0 Å². The third-order valence-corrected chi connectivity index (χ3v) is 4.90. The lowest BCUT2D eigenvalue weighted by Gasteiger charge is -2.13. The topological polar surface area (TPSA) is 40.1 Å². The molecule has 2 heterocycles. The molecule has 0 bridgehead atoms. The second-order valence-electron chi connectivity index (χ2n) is 6.72. The summed E-state index contributed by atoms with van der Waals surface area (Å²) >= 11 is 5.75. The van der Waals surface area contributed by atoms with Crippen LogP contribution in [0.2, 0.25) is 0 Å². The van der Waals surface area contributed by atoms with Crippen molar-refractivity contribution < 1.29 is 4.90 Å². The summed E-state index contributed by atoms with van der Waals surface area (Å²) in [4.78, 5) is 5.46. The second kappa shape index (κ2) is 6.90. The van der Waals surface area contributed by atoms with Crippen LogP contribution < -0.4 is 4.90 Å². The summed E-state index contributed by atoms with van der Waals surface area (Å²) in [6, 6.07) is 15.0. The van der Waals surface area contributed by atoms with E-state index in [2.05, 4.69) is 40.9 Å². The number of quaternary nitrogens is 1. The van der Waals surface area contributed by atoms with E-state index in [-0.39, 0.29) is 0 Å². The first kappa shape index (κ1) is 16.2. The molecule has 1 saturated carbocycles. The van der Waals surface area contributed by atoms with Crippen molar-refractivity contribution in [1.29, 1.82) is 0 Å². The van der Waals surface area contributed by atoms with Crippen LogP contribution in [0.4, 0.5) is 0 Å². The van der Waals surface area contributed by atoms with Crippen LogP contribution in [-0.2, 0) is 13.2 Å². The smallest absolute Gasteiger partial charge is 0.203 e. The van der Waals surface area contributed by atoms with Crippen LogP contribution in [0.3, 0.4) is 0 Å². The van der Waals surface area contributed by atoms with Gasteiger partial charge in [0.05, 0.1) is 7.05 Å². The van der Waals surface area contributed by atoms with Crippen LogP contribution in [0.5, 0.6) is 0 Å². The van der Waals surface area contributed by atoms with Gasteiger partial charge in [-0.3, -0.25) is 9.55 Å². The third kappa shape index (κ3) is 3.55. The van der Waals surface area contributed by atoms with Crippen LogP contribution in [0.1, 0.15) is 24.4 Å². The van der Waals surface area contributed by atoms with Gasteiger partial charge in [0.1, 0.15) is 6.54 Å². The maximum atomic E-state index is 5.75. The fourth-order valence-corrected chi connectivity index (χ4v) is 3.48. The Kier molecular flexibility index (Phi) is 4.46. The minimum Gasteiger partial charge on any atom is -0.315 e. The molecule has 0 radical (unpaired) electrons. The van der Waals surface area contributed by atoms with Crippen molar-refractivity contribution >= 4 is 12.2 Å². The standard InChI is InChI=1S/C19H21N5S/c1-22(13-15-5-3-2-4-6-15)14-23-19(25)24(17-7-8-17)18(21-23)16-9-11-20-12-10-16/h2-6,9-12,17H,7-8,13-14H2,1H3/p+1. The number of hydrogen-bond acceptors (Lipinski definition) is 3. The molecule has 1 fully saturated rings. The molecule has 4 rings (SSSR count). The number of pyridine rings is 1. The first-order valence-electron chi connectivity index (χ1n) is 8.67. The average molecular weight is 352 g/mol. The average Bonchev–Trinajstić information content (AvgIpc) is 3.42. The normalized spacial score (nSPS) is 15.2. The Morgan fingerprint density at radius 1 is 1.12 bits per heavy atom. The summed E-state index contributed by atoms with van der Waals surface area (Å²) < 4.78 is 5.02. The molecule has 3 aromatic rings. The van der Waals surface area contributed by atoms with E-state index in [4.69, 9.17) is 17.3 Å². The molecule has 0 saturated heterocycles. The van der Waals surface area contributed by atoms with Gasteiger partial charge >= 0.3 is 0 Å². The number of rotatable bonds is 6. The molecule has 1 aliphatic carbocycles. The fraction of sp³-hybridized carbons (Fsp3) is 0.316. The molecule has 25 heavy (non-hydrogen) atoms. The van der Waals surface area contributed by atoms with Gasteiger partial charge < -0.3 is 4.90 Å². The molecule has 0 amide bonds. The van der Waals surface area contributed by atoms with Crippen LogP contribution in [0.15, 0.2) is 54.9 Å². The van der Waals surface area contributed by atoms with Gasteiger partial charge in [0.25, 0.3) is 0 Å². The monoisotopic (exact) mass is 352 g/mol. The summed E-state index contributed by atoms with van der Waals surface area (Å²) in [5.41, 5.74) is 2.40. The Morgan fingerprint density at radius 3 is 2.52 bits per heavy atom. The van der Waals surface area contributed by atoms with Gasteiger partial charge in [0, 0.05) is 29.6 Å². The van der Waals surface area contributed by atoms with Gasteiger partial charge in [0.2, 0.25) is 4.77 Å². The van der Waals surface area contributed by atoms with Crippen molar-refractivity contribution in [3.8, 4) is 11.4 Å². The SMILES string of the molecule is C[NH+](Cc1ccccc1)Cn1nc(-c2ccncc2)n(C2CC2)c1=S. The van der Waals surface area contributed by atoms with Gasteiger partial charge in [-0.05, 0) is 37.2 Å². The lowest BCUT2D eigenvalue weighted by molar-refractivity contribution is -0.917. The third-order valence-electron chi connectivity index (χ3n) is 4.49. The highest BCUT2D eigenvalue weighted by atomic mass is 32.1. The minimum atomic E-state index is 0.499. The van der Waals surface area contributed by atoms with Gasteiger partial charge in [-0.15, -0.1) is 5.10 Å². The molecule has 0 aliphatic heterocycles. The van der Waals surface area contributed by atoms with Crippen LogP contribution in [0.25, 0.3) is 11.4 Å². The van der Waals surface area contributed by atoms with E-state index in [1.165, 1.54) is 23.3 Å². The number of benzene rings is 1. The number of hydrogen-bond donors (Lipinski definition) is 1. The van der Waals surface area contributed by atoms with Gasteiger partial charge in [-0.1, -0.05) is 30.3 Å². The maximum absolute atomic E-state index is 5.75. The summed E-state index contributed by atoms with van der Waals surface area (Å²) in [5.74, 6) is 0.961.